The van der Waals surface area contributed by atoms with E-state index in [4.69, 9.17) is 0 Å². The van der Waals surface area contributed by atoms with Crippen LogP contribution in [0.2, 0.25) is 0 Å². The van der Waals surface area contributed by atoms with Crippen LogP contribution in [0.25, 0.3) is 0 Å². The quantitative estimate of drug-likeness (QED) is 0.858. The summed E-state index contributed by atoms with van der Waals surface area (Å²) in [6, 6.07) is 9.45. The molecule has 1 saturated heterocycles. The molecular weight excluding hydrogens is 317 g/mol. The van der Waals surface area contributed by atoms with Gasteiger partial charge in [0.25, 0.3) is 0 Å². The summed E-state index contributed by atoms with van der Waals surface area (Å²) < 4.78 is 13.9. The molecule has 0 saturated carbocycles. The molecule has 0 aliphatic carbocycles. The number of hydrogen-bond donors (Lipinski definition) is 0. The molecule has 0 radical (unpaired) electrons. The molecule has 1 aliphatic rings. The van der Waals surface area contributed by atoms with Crippen LogP contribution in [-0.2, 0) is 17.6 Å². The first-order valence-corrected chi connectivity index (χ1v) is 8.73. The number of carbonyl (C=O) groups is 1. The standard InChI is InChI=1S/C20H24FN3O/c1-15-3-4-17(20(21)13-15)5-6-18-7-8-19(14-22-18)24-11-9-23(10-12-24)16(2)25/h3-4,7-8,13-14H,5-6,9-12H2,1-2H3. The van der Waals surface area contributed by atoms with Crippen LogP contribution >= 0.6 is 0 Å². The van der Waals surface area contributed by atoms with Crippen molar-refractivity contribution in [3.05, 3.63) is 59.2 Å². The molecule has 5 heteroatoms. The Morgan fingerprint density at radius 1 is 1.12 bits per heavy atom. The predicted molar refractivity (Wildman–Crippen MR) is 97.2 cm³/mol. The normalized spacial score (nSPS) is 14.7. The van der Waals surface area contributed by atoms with Crippen molar-refractivity contribution in [2.75, 3.05) is 31.1 Å². The zero-order valence-corrected chi connectivity index (χ0v) is 14.8. The Hall–Kier alpha value is -2.43. The van der Waals surface area contributed by atoms with E-state index in [-0.39, 0.29) is 11.7 Å². The smallest absolute Gasteiger partial charge is 0.219 e. The minimum atomic E-state index is -0.139. The molecule has 25 heavy (non-hydrogen) atoms. The highest BCUT2D eigenvalue weighted by molar-refractivity contribution is 5.73. The van der Waals surface area contributed by atoms with Gasteiger partial charge in [-0.15, -0.1) is 0 Å². The molecule has 0 spiro atoms. The number of nitrogens with zero attached hydrogens (tertiary/aromatic N) is 3. The van der Waals surface area contributed by atoms with E-state index in [2.05, 4.69) is 16.0 Å². The van der Waals surface area contributed by atoms with Crippen LogP contribution in [0, 0.1) is 12.7 Å². The van der Waals surface area contributed by atoms with Crippen molar-refractivity contribution in [2.24, 2.45) is 0 Å². The molecule has 4 nitrogen and oxygen atoms in total. The van der Waals surface area contributed by atoms with Crippen LogP contribution in [0.4, 0.5) is 10.1 Å². The number of anilines is 1. The van der Waals surface area contributed by atoms with Crippen LogP contribution in [-0.4, -0.2) is 42.0 Å². The van der Waals surface area contributed by atoms with E-state index in [0.717, 1.165) is 55.1 Å². The Morgan fingerprint density at radius 3 is 2.48 bits per heavy atom. The van der Waals surface area contributed by atoms with Gasteiger partial charge in [-0.3, -0.25) is 9.78 Å². The van der Waals surface area contributed by atoms with E-state index in [1.165, 1.54) is 0 Å². The third kappa shape index (κ3) is 4.35. The number of amides is 1. The zero-order valence-electron chi connectivity index (χ0n) is 14.8. The van der Waals surface area contributed by atoms with Gasteiger partial charge in [-0.2, -0.15) is 0 Å². The highest BCUT2D eigenvalue weighted by atomic mass is 19.1. The van der Waals surface area contributed by atoms with Crippen molar-refractivity contribution in [3.8, 4) is 0 Å². The number of piperazine rings is 1. The molecule has 1 aliphatic heterocycles. The summed E-state index contributed by atoms with van der Waals surface area (Å²) in [5.74, 6) is -0.00331. The van der Waals surface area contributed by atoms with Crippen molar-refractivity contribution in [1.82, 2.24) is 9.88 Å². The number of carbonyl (C=O) groups excluding carboxylic acids is 1. The highest BCUT2D eigenvalue weighted by Gasteiger charge is 2.18. The van der Waals surface area contributed by atoms with Crippen molar-refractivity contribution in [2.45, 2.75) is 26.7 Å². The molecule has 0 bridgehead atoms. The van der Waals surface area contributed by atoms with Crippen molar-refractivity contribution >= 4 is 11.6 Å². The lowest BCUT2D eigenvalue weighted by Crippen LogP contribution is -2.48. The van der Waals surface area contributed by atoms with Gasteiger partial charge in [-0.1, -0.05) is 12.1 Å². The van der Waals surface area contributed by atoms with Gasteiger partial charge in [0, 0.05) is 38.8 Å². The first-order valence-electron chi connectivity index (χ1n) is 8.73. The van der Waals surface area contributed by atoms with E-state index in [9.17, 15) is 9.18 Å². The number of hydrogen-bond acceptors (Lipinski definition) is 3. The second-order valence-corrected chi connectivity index (χ2v) is 6.60. The third-order valence-corrected chi connectivity index (χ3v) is 4.76. The molecule has 3 rings (SSSR count). The number of aromatic nitrogens is 1. The van der Waals surface area contributed by atoms with Crippen LogP contribution < -0.4 is 4.90 Å². The van der Waals surface area contributed by atoms with E-state index < -0.39 is 0 Å². The third-order valence-electron chi connectivity index (χ3n) is 4.76. The minimum Gasteiger partial charge on any atom is -0.367 e. The van der Waals surface area contributed by atoms with Gasteiger partial charge in [0.1, 0.15) is 5.82 Å². The Balaban J connectivity index is 1.56. The van der Waals surface area contributed by atoms with Gasteiger partial charge in [0.15, 0.2) is 0 Å². The number of rotatable bonds is 4. The van der Waals surface area contributed by atoms with Crippen LogP contribution in [0.15, 0.2) is 36.5 Å². The first kappa shape index (κ1) is 17.4. The molecule has 2 heterocycles. The van der Waals surface area contributed by atoms with E-state index in [1.54, 1.807) is 13.0 Å². The molecule has 1 aromatic carbocycles. The van der Waals surface area contributed by atoms with E-state index in [1.807, 2.05) is 36.2 Å². The average molecular weight is 341 g/mol. The number of halogens is 1. The lowest BCUT2D eigenvalue weighted by Gasteiger charge is -2.35. The van der Waals surface area contributed by atoms with Crippen molar-refractivity contribution < 1.29 is 9.18 Å². The average Bonchev–Trinajstić information content (AvgIpc) is 2.61. The maximum Gasteiger partial charge on any atom is 0.219 e. The summed E-state index contributed by atoms with van der Waals surface area (Å²) in [7, 11) is 0. The number of aryl methyl sites for hydroxylation is 3. The fourth-order valence-electron chi connectivity index (χ4n) is 3.15. The van der Waals surface area contributed by atoms with E-state index in [0.29, 0.717) is 6.42 Å². The molecule has 2 aromatic rings. The summed E-state index contributed by atoms with van der Waals surface area (Å²) in [4.78, 5) is 20.0. The summed E-state index contributed by atoms with van der Waals surface area (Å²) >= 11 is 0. The first-order chi connectivity index (χ1) is 12.0. The number of benzene rings is 1. The van der Waals surface area contributed by atoms with Crippen LogP contribution in [0.1, 0.15) is 23.7 Å². The maximum atomic E-state index is 13.9. The second-order valence-electron chi connectivity index (χ2n) is 6.60. The maximum absolute atomic E-state index is 13.9. The SMILES string of the molecule is CC(=O)N1CCN(c2ccc(CCc3ccc(C)cc3F)nc2)CC1. The minimum absolute atomic E-state index is 0.136. The van der Waals surface area contributed by atoms with Crippen molar-refractivity contribution in [3.63, 3.8) is 0 Å². The van der Waals surface area contributed by atoms with Gasteiger partial charge >= 0.3 is 0 Å². The topological polar surface area (TPSA) is 36.4 Å². The van der Waals surface area contributed by atoms with Gasteiger partial charge in [0.2, 0.25) is 5.91 Å². The fraction of sp³-hybridized carbons (Fsp3) is 0.400. The molecule has 0 atom stereocenters. The molecule has 1 amide bonds. The van der Waals surface area contributed by atoms with Crippen LogP contribution in [0.5, 0.6) is 0 Å². The Morgan fingerprint density at radius 2 is 1.88 bits per heavy atom. The van der Waals surface area contributed by atoms with Gasteiger partial charge in [0.05, 0.1) is 11.9 Å². The lowest BCUT2D eigenvalue weighted by molar-refractivity contribution is -0.129. The lowest BCUT2D eigenvalue weighted by atomic mass is 10.1. The summed E-state index contributed by atoms with van der Waals surface area (Å²) in [6.45, 7) is 6.67. The molecule has 0 N–H and O–H groups in total. The Labute approximate surface area is 148 Å². The molecule has 0 unspecified atom stereocenters. The van der Waals surface area contributed by atoms with Gasteiger partial charge in [-0.05, 0) is 49.1 Å². The molecule has 1 fully saturated rings. The van der Waals surface area contributed by atoms with Crippen molar-refractivity contribution in [1.29, 1.82) is 0 Å². The van der Waals surface area contributed by atoms with Gasteiger partial charge < -0.3 is 9.80 Å². The fourth-order valence-corrected chi connectivity index (χ4v) is 3.15. The predicted octanol–water partition coefficient (Wildman–Crippen LogP) is 2.98. The Bertz CT molecular complexity index is 737. The largest absolute Gasteiger partial charge is 0.367 e. The van der Waals surface area contributed by atoms with Gasteiger partial charge in [-0.25, -0.2) is 4.39 Å². The van der Waals surface area contributed by atoms with E-state index >= 15 is 0 Å². The highest BCUT2D eigenvalue weighted by Crippen LogP contribution is 2.17. The zero-order chi connectivity index (χ0) is 17.8. The second kappa shape index (κ2) is 7.64. The summed E-state index contributed by atoms with van der Waals surface area (Å²) in [6.07, 6.45) is 3.25. The molecule has 1 aromatic heterocycles. The Kier molecular flexibility index (Phi) is 5.31. The molecule has 132 valence electrons. The van der Waals surface area contributed by atoms with Crippen LogP contribution in [0.3, 0.4) is 0 Å². The number of pyridine rings is 1. The summed E-state index contributed by atoms with van der Waals surface area (Å²) in [5.41, 5.74) is 3.71. The molecular formula is C20H24FN3O. The monoisotopic (exact) mass is 341 g/mol. The summed E-state index contributed by atoms with van der Waals surface area (Å²) in [5, 5.41) is 0.